The third-order valence-corrected chi connectivity index (χ3v) is 5.51. The summed E-state index contributed by atoms with van der Waals surface area (Å²) < 4.78 is 3.68. The molecule has 4 heteroatoms. The number of aromatic nitrogens is 1. The Hall–Kier alpha value is 0.0995. The molecule has 0 atom stereocenters. The molecule has 0 aliphatic heterocycles. The Bertz CT molecular complexity index is 442. The monoisotopic (exact) mass is 397 g/mol. The predicted octanol–water partition coefficient (Wildman–Crippen LogP) is -1.38. The maximum atomic E-state index is 2.26. The van der Waals surface area contributed by atoms with Gasteiger partial charge in [-0.3, -0.25) is 0 Å². The molecule has 0 saturated carbocycles. The number of aryl methyl sites for hydroxylation is 1. The van der Waals surface area contributed by atoms with Crippen molar-refractivity contribution in [3.05, 3.63) is 36.5 Å². The second kappa shape index (κ2) is 5.99. The molecule has 1 nitrogen and oxygen atoms in total. The zero-order valence-electron chi connectivity index (χ0n) is 8.61. The molecule has 0 spiro atoms. The van der Waals surface area contributed by atoms with Crippen LogP contribution in [-0.4, -0.2) is 15.0 Å². The third-order valence-electron chi connectivity index (χ3n) is 2.09. The minimum Gasteiger partial charge on any atom is -1.00 e. The number of pyridine rings is 1. The topological polar surface area (TPSA) is 3.88 Å². The summed E-state index contributed by atoms with van der Waals surface area (Å²) in [6, 6.07) is 10.8. The van der Waals surface area contributed by atoms with E-state index >= 15 is 0 Å². The van der Waals surface area contributed by atoms with E-state index in [1.54, 1.807) is 0 Å². The molecule has 80 valence electrons. The first-order chi connectivity index (χ1) is 6.81. The molecular weight excluding hydrogens is 384 g/mol. The van der Waals surface area contributed by atoms with Crippen LogP contribution < -0.4 is 32.3 Å². The van der Waals surface area contributed by atoms with E-state index in [1.165, 1.54) is 14.3 Å². The van der Waals surface area contributed by atoms with Gasteiger partial charge in [0.1, 0.15) is 0 Å². The normalized spacial score (nSPS) is 9.73. The molecule has 0 aliphatic carbocycles. The van der Waals surface area contributed by atoms with Crippen molar-refractivity contribution in [3.63, 3.8) is 0 Å². The Balaban J connectivity index is 0.00000112. The van der Waals surface area contributed by atoms with E-state index in [0.29, 0.717) is 15.0 Å². The Labute approximate surface area is 118 Å². The fourth-order valence-corrected chi connectivity index (χ4v) is 3.75. The molecule has 0 aliphatic rings. The van der Waals surface area contributed by atoms with Crippen LogP contribution in [0.15, 0.2) is 36.5 Å². The Kier molecular flexibility index (Phi) is 5.26. The average molecular weight is 396 g/mol. The quantitative estimate of drug-likeness (QED) is 0.335. The van der Waals surface area contributed by atoms with Crippen molar-refractivity contribution in [1.29, 1.82) is 0 Å². The van der Waals surface area contributed by atoms with Gasteiger partial charge in [-0.15, -0.1) is 0 Å². The largest absolute Gasteiger partial charge is 1.00 e. The van der Waals surface area contributed by atoms with E-state index in [4.69, 9.17) is 0 Å². The predicted molar refractivity (Wildman–Crippen MR) is 62.2 cm³/mol. The first-order valence-electron chi connectivity index (χ1n) is 4.40. The summed E-state index contributed by atoms with van der Waals surface area (Å²) in [5, 5.41) is 0. The smallest absolute Gasteiger partial charge is 1.00 e. The zero-order valence-corrected chi connectivity index (χ0v) is 13.3. The molecule has 0 unspecified atom stereocenters. The molecule has 2 heterocycles. The number of hydrogen-bond donors (Lipinski definition) is 0. The van der Waals surface area contributed by atoms with Gasteiger partial charge in [0.2, 0.25) is 0 Å². The van der Waals surface area contributed by atoms with Crippen molar-refractivity contribution in [2.45, 2.75) is 5.82 Å². The van der Waals surface area contributed by atoms with Crippen LogP contribution in [0, 0.1) is 0 Å². The molecule has 2 aromatic rings. The van der Waals surface area contributed by atoms with Crippen LogP contribution in [0.5, 0.6) is 0 Å². The standard InChI is InChI=1S/C11H12NSSe.HI/c1-12-8-4-3-5-9(12)10-6-7-11(13-10)14-2;/h3-8H,1-2H3;1H/q+1;/p-1. The summed E-state index contributed by atoms with van der Waals surface area (Å²) in [6.07, 6.45) is 2.09. The van der Waals surface area contributed by atoms with Gasteiger partial charge in [-0.25, -0.2) is 0 Å². The van der Waals surface area contributed by atoms with Gasteiger partial charge in [-0.2, -0.15) is 0 Å². The van der Waals surface area contributed by atoms with Gasteiger partial charge < -0.3 is 24.0 Å². The molecule has 2 aromatic heterocycles. The minimum absolute atomic E-state index is 0. The zero-order chi connectivity index (χ0) is 9.97. The molecular formula is C11H12INSSe. The Morgan fingerprint density at radius 1 is 1.20 bits per heavy atom. The van der Waals surface area contributed by atoms with E-state index in [1.807, 2.05) is 11.3 Å². The number of thiophene rings is 1. The van der Waals surface area contributed by atoms with Gasteiger partial charge in [-0.1, -0.05) is 0 Å². The second-order valence-corrected chi connectivity index (χ2v) is 6.47. The average Bonchev–Trinajstić information content (AvgIpc) is 2.67. The van der Waals surface area contributed by atoms with E-state index in [0.717, 1.165) is 0 Å². The van der Waals surface area contributed by atoms with Crippen LogP contribution in [0.1, 0.15) is 0 Å². The van der Waals surface area contributed by atoms with Gasteiger partial charge in [-0.05, 0) is 0 Å². The van der Waals surface area contributed by atoms with Gasteiger partial charge in [0.05, 0.1) is 0 Å². The van der Waals surface area contributed by atoms with Crippen LogP contribution in [0.2, 0.25) is 5.82 Å². The maximum Gasteiger partial charge on any atom is -1.00 e. The fraction of sp³-hybridized carbons (Fsp3) is 0.182. The molecule has 0 saturated heterocycles. The van der Waals surface area contributed by atoms with E-state index < -0.39 is 0 Å². The van der Waals surface area contributed by atoms with E-state index in [2.05, 4.69) is 54.0 Å². The molecule has 0 amide bonds. The molecule has 2 rings (SSSR count). The van der Waals surface area contributed by atoms with Crippen molar-refractivity contribution >= 4 is 30.1 Å². The van der Waals surface area contributed by atoms with Gasteiger partial charge in [0, 0.05) is 0 Å². The Morgan fingerprint density at radius 2 is 2.00 bits per heavy atom. The SMILES string of the molecule is C[Se]c1ccc(-c2cccc[n+]2C)s1.[I-]. The summed E-state index contributed by atoms with van der Waals surface area (Å²) in [5.74, 6) is 2.26. The van der Waals surface area contributed by atoms with Crippen molar-refractivity contribution in [2.75, 3.05) is 0 Å². The van der Waals surface area contributed by atoms with Crippen molar-refractivity contribution in [1.82, 2.24) is 0 Å². The van der Waals surface area contributed by atoms with Crippen LogP contribution in [0.4, 0.5) is 0 Å². The maximum absolute atomic E-state index is 2.26. The van der Waals surface area contributed by atoms with Gasteiger partial charge >= 0.3 is 94.6 Å². The van der Waals surface area contributed by atoms with Gasteiger partial charge in [0.25, 0.3) is 0 Å². The van der Waals surface area contributed by atoms with Gasteiger partial charge in [0.15, 0.2) is 0 Å². The molecule has 15 heavy (non-hydrogen) atoms. The summed E-state index contributed by atoms with van der Waals surface area (Å²) in [5.41, 5.74) is 1.30. The first kappa shape index (κ1) is 13.2. The van der Waals surface area contributed by atoms with Crippen LogP contribution in [0.3, 0.4) is 0 Å². The summed E-state index contributed by atoms with van der Waals surface area (Å²) in [7, 11) is 2.09. The second-order valence-electron chi connectivity index (χ2n) is 3.02. The van der Waals surface area contributed by atoms with Crippen molar-refractivity contribution in [2.24, 2.45) is 7.05 Å². The number of nitrogens with zero attached hydrogens (tertiary/aromatic N) is 1. The number of hydrogen-bond acceptors (Lipinski definition) is 1. The molecule has 0 aromatic carbocycles. The van der Waals surface area contributed by atoms with Crippen molar-refractivity contribution < 1.29 is 28.5 Å². The molecule has 0 N–H and O–H groups in total. The molecule has 0 radical (unpaired) electrons. The molecule has 0 fully saturated rings. The van der Waals surface area contributed by atoms with Crippen molar-refractivity contribution in [3.8, 4) is 10.6 Å². The Morgan fingerprint density at radius 3 is 2.60 bits per heavy atom. The number of rotatable bonds is 2. The number of halogens is 1. The molecule has 0 bridgehead atoms. The van der Waals surface area contributed by atoms with Crippen LogP contribution in [0.25, 0.3) is 10.6 Å². The van der Waals surface area contributed by atoms with Crippen LogP contribution in [-0.2, 0) is 7.05 Å². The van der Waals surface area contributed by atoms with E-state index in [9.17, 15) is 0 Å². The van der Waals surface area contributed by atoms with E-state index in [-0.39, 0.29) is 24.0 Å². The third kappa shape index (κ3) is 3.03. The summed E-state index contributed by atoms with van der Waals surface area (Å²) >= 11 is 2.53. The summed E-state index contributed by atoms with van der Waals surface area (Å²) in [6.45, 7) is 0. The minimum atomic E-state index is 0. The summed E-state index contributed by atoms with van der Waals surface area (Å²) in [4.78, 5) is 1.37. The van der Waals surface area contributed by atoms with Crippen LogP contribution >= 0.6 is 11.3 Å². The first-order valence-corrected chi connectivity index (χ1v) is 7.79. The fourth-order valence-electron chi connectivity index (χ4n) is 1.35.